The number of nitrogens with one attached hydrogen (secondary N) is 1. The molecule has 1 heteroatoms. The Morgan fingerprint density at radius 2 is 2.09 bits per heavy atom. The third-order valence-electron chi connectivity index (χ3n) is 2.46. The van der Waals surface area contributed by atoms with Gasteiger partial charge >= 0.3 is 0 Å². The SMILES string of the molecule is CCC[CH]NCC1CCCC1. The highest BCUT2D eigenvalue weighted by Gasteiger charge is 2.13. The lowest BCUT2D eigenvalue weighted by Gasteiger charge is -2.08. The molecule has 0 unspecified atom stereocenters. The largest absolute Gasteiger partial charge is 0.312 e. The Bertz CT molecular complexity index is 84.9. The maximum absolute atomic E-state index is 3.40. The van der Waals surface area contributed by atoms with Gasteiger partial charge in [-0.25, -0.2) is 0 Å². The third-order valence-corrected chi connectivity index (χ3v) is 2.46. The van der Waals surface area contributed by atoms with Crippen molar-refractivity contribution in [2.75, 3.05) is 6.54 Å². The normalized spacial score (nSPS) is 19.4. The summed E-state index contributed by atoms with van der Waals surface area (Å²) in [5.41, 5.74) is 0. The first-order valence-corrected chi connectivity index (χ1v) is 4.98. The minimum atomic E-state index is 0.975. The van der Waals surface area contributed by atoms with Crippen LogP contribution in [-0.2, 0) is 0 Å². The van der Waals surface area contributed by atoms with Crippen LogP contribution in [-0.4, -0.2) is 6.54 Å². The number of hydrogen-bond acceptors (Lipinski definition) is 1. The summed E-state index contributed by atoms with van der Waals surface area (Å²) < 4.78 is 0. The Morgan fingerprint density at radius 3 is 2.73 bits per heavy atom. The van der Waals surface area contributed by atoms with Crippen LogP contribution in [0.5, 0.6) is 0 Å². The van der Waals surface area contributed by atoms with Gasteiger partial charge in [0.15, 0.2) is 0 Å². The molecule has 1 N–H and O–H groups in total. The fourth-order valence-corrected chi connectivity index (χ4v) is 1.71. The van der Waals surface area contributed by atoms with Gasteiger partial charge in [-0.3, -0.25) is 0 Å². The van der Waals surface area contributed by atoms with Crippen molar-refractivity contribution in [1.82, 2.24) is 5.32 Å². The van der Waals surface area contributed by atoms with E-state index in [9.17, 15) is 0 Å². The summed E-state index contributed by atoms with van der Waals surface area (Å²) in [4.78, 5) is 0. The standard InChI is InChI=1S/C10H20N/c1-2-3-8-11-9-10-6-4-5-7-10/h8,10-11H,2-7,9H2,1H3. The van der Waals surface area contributed by atoms with E-state index in [-0.39, 0.29) is 0 Å². The predicted molar refractivity (Wildman–Crippen MR) is 49.2 cm³/mol. The maximum Gasteiger partial charge on any atom is 0.0221 e. The maximum atomic E-state index is 3.40. The molecule has 0 saturated heterocycles. The minimum absolute atomic E-state index is 0.975. The molecule has 0 bridgehead atoms. The second kappa shape index (κ2) is 5.59. The van der Waals surface area contributed by atoms with Gasteiger partial charge in [-0.1, -0.05) is 26.2 Å². The summed E-state index contributed by atoms with van der Waals surface area (Å²) in [6.45, 7) is 5.66. The van der Waals surface area contributed by atoms with Gasteiger partial charge in [-0.2, -0.15) is 0 Å². The van der Waals surface area contributed by atoms with Gasteiger partial charge in [0, 0.05) is 6.54 Å². The second-order valence-corrected chi connectivity index (χ2v) is 3.55. The fraction of sp³-hybridized carbons (Fsp3) is 0.900. The van der Waals surface area contributed by atoms with Crippen molar-refractivity contribution in [2.45, 2.75) is 45.4 Å². The molecule has 11 heavy (non-hydrogen) atoms. The number of unbranched alkanes of at least 4 members (excludes halogenated alkanes) is 1. The van der Waals surface area contributed by atoms with E-state index in [0.717, 1.165) is 5.92 Å². The van der Waals surface area contributed by atoms with Gasteiger partial charge in [0.05, 0.1) is 0 Å². The highest BCUT2D eigenvalue weighted by Crippen LogP contribution is 2.23. The zero-order valence-electron chi connectivity index (χ0n) is 7.60. The van der Waals surface area contributed by atoms with E-state index in [2.05, 4.69) is 18.8 Å². The summed E-state index contributed by atoms with van der Waals surface area (Å²) >= 11 is 0. The quantitative estimate of drug-likeness (QED) is 0.600. The van der Waals surface area contributed by atoms with Crippen molar-refractivity contribution in [3.63, 3.8) is 0 Å². The Kier molecular flexibility index (Phi) is 4.60. The van der Waals surface area contributed by atoms with Crippen molar-refractivity contribution in [3.8, 4) is 0 Å². The van der Waals surface area contributed by atoms with Crippen LogP contribution in [0, 0.1) is 12.5 Å². The first-order valence-electron chi connectivity index (χ1n) is 4.98. The Labute approximate surface area is 70.6 Å². The molecule has 0 atom stereocenters. The van der Waals surface area contributed by atoms with Crippen LogP contribution in [0.2, 0.25) is 0 Å². The molecule has 1 aliphatic carbocycles. The first-order chi connectivity index (χ1) is 5.43. The summed E-state index contributed by atoms with van der Waals surface area (Å²) in [5, 5.41) is 3.40. The molecule has 1 aliphatic rings. The van der Waals surface area contributed by atoms with Crippen LogP contribution in [0.1, 0.15) is 45.4 Å². The van der Waals surface area contributed by atoms with Gasteiger partial charge < -0.3 is 5.32 Å². The summed E-state index contributed by atoms with van der Waals surface area (Å²) in [7, 11) is 0. The van der Waals surface area contributed by atoms with E-state index >= 15 is 0 Å². The van der Waals surface area contributed by atoms with E-state index in [1.54, 1.807) is 0 Å². The smallest absolute Gasteiger partial charge is 0.0221 e. The van der Waals surface area contributed by atoms with Crippen molar-refractivity contribution < 1.29 is 0 Å². The molecule has 1 radical (unpaired) electrons. The van der Waals surface area contributed by atoms with Crippen molar-refractivity contribution >= 4 is 0 Å². The Hall–Kier alpha value is -0.0400. The zero-order valence-corrected chi connectivity index (χ0v) is 7.60. The van der Waals surface area contributed by atoms with Crippen LogP contribution in [0.15, 0.2) is 0 Å². The van der Waals surface area contributed by atoms with Gasteiger partial charge in [-0.05, 0) is 31.7 Å². The molecular weight excluding hydrogens is 134 g/mol. The molecule has 1 nitrogen and oxygen atoms in total. The van der Waals surface area contributed by atoms with Crippen LogP contribution in [0.3, 0.4) is 0 Å². The van der Waals surface area contributed by atoms with Crippen LogP contribution < -0.4 is 5.32 Å². The summed E-state index contributed by atoms with van der Waals surface area (Å²) in [5.74, 6) is 0.975. The van der Waals surface area contributed by atoms with E-state index in [4.69, 9.17) is 0 Å². The molecule has 0 amide bonds. The van der Waals surface area contributed by atoms with Gasteiger partial charge in [0.2, 0.25) is 0 Å². The highest BCUT2D eigenvalue weighted by atomic mass is 14.9. The highest BCUT2D eigenvalue weighted by molar-refractivity contribution is 4.71. The molecule has 1 fully saturated rings. The van der Waals surface area contributed by atoms with Gasteiger partial charge in [-0.15, -0.1) is 0 Å². The van der Waals surface area contributed by atoms with E-state index in [1.807, 2.05) is 0 Å². The minimum Gasteiger partial charge on any atom is -0.312 e. The number of hydrogen-bond donors (Lipinski definition) is 1. The van der Waals surface area contributed by atoms with Gasteiger partial charge in [0.1, 0.15) is 0 Å². The molecule has 0 spiro atoms. The molecule has 65 valence electrons. The molecular formula is C10H20N. The average molecular weight is 154 g/mol. The van der Waals surface area contributed by atoms with E-state index in [1.165, 1.54) is 45.1 Å². The Balaban J connectivity index is 1.86. The topological polar surface area (TPSA) is 12.0 Å². The van der Waals surface area contributed by atoms with Crippen molar-refractivity contribution in [2.24, 2.45) is 5.92 Å². The summed E-state index contributed by atoms with van der Waals surface area (Å²) in [6.07, 6.45) is 8.30. The molecule has 0 heterocycles. The van der Waals surface area contributed by atoms with Crippen molar-refractivity contribution in [3.05, 3.63) is 6.54 Å². The van der Waals surface area contributed by atoms with Crippen molar-refractivity contribution in [1.29, 1.82) is 0 Å². The summed E-state index contributed by atoms with van der Waals surface area (Å²) in [6, 6.07) is 0. The zero-order chi connectivity index (χ0) is 7.94. The lowest BCUT2D eigenvalue weighted by atomic mass is 10.1. The molecule has 0 aromatic carbocycles. The average Bonchev–Trinajstić information content (AvgIpc) is 2.50. The monoisotopic (exact) mass is 154 g/mol. The molecule has 1 saturated carbocycles. The van der Waals surface area contributed by atoms with Gasteiger partial charge in [0.25, 0.3) is 0 Å². The molecule has 0 aromatic heterocycles. The van der Waals surface area contributed by atoms with Crippen LogP contribution >= 0.6 is 0 Å². The van der Waals surface area contributed by atoms with Crippen LogP contribution in [0.25, 0.3) is 0 Å². The Morgan fingerprint density at radius 1 is 1.36 bits per heavy atom. The van der Waals surface area contributed by atoms with E-state index in [0.29, 0.717) is 0 Å². The van der Waals surface area contributed by atoms with Crippen LogP contribution in [0.4, 0.5) is 0 Å². The molecule has 1 rings (SSSR count). The predicted octanol–water partition coefficient (Wildman–Crippen LogP) is 2.73. The lowest BCUT2D eigenvalue weighted by molar-refractivity contribution is 0.508. The second-order valence-electron chi connectivity index (χ2n) is 3.55. The lowest BCUT2D eigenvalue weighted by Crippen LogP contribution is -2.18. The first kappa shape index (κ1) is 9.05. The molecule has 0 aliphatic heterocycles. The third kappa shape index (κ3) is 3.76. The number of rotatable bonds is 5. The molecule has 0 aromatic rings. The fourth-order valence-electron chi connectivity index (χ4n) is 1.71. The van der Waals surface area contributed by atoms with E-state index < -0.39 is 0 Å².